The Labute approximate surface area is 161 Å². The van der Waals surface area contributed by atoms with Crippen molar-refractivity contribution in [3.8, 4) is 0 Å². The van der Waals surface area contributed by atoms with Gasteiger partial charge in [-0.1, -0.05) is 30.3 Å². The molecule has 1 heterocycles. The van der Waals surface area contributed by atoms with Gasteiger partial charge < -0.3 is 10.6 Å². The Hall–Kier alpha value is -2.99. The van der Waals surface area contributed by atoms with Crippen molar-refractivity contribution in [2.45, 2.75) is 13.0 Å². The van der Waals surface area contributed by atoms with Crippen LogP contribution < -0.4 is 10.6 Å². The molecule has 0 atom stereocenters. The van der Waals surface area contributed by atoms with Gasteiger partial charge in [-0.2, -0.15) is 0 Å². The van der Waals surface area contributed by atoms with E-state index in [1.807, 2.05) is 23.6 Å². The fourth-order valence-corrected chi connectivity index (χ4v) is 3.16. The second-order valence-electron chi connectivity index (χ2n) is 5.99. The van der Waals surface area contributed by atoms with Gasteiger partial charge in [-0.25, -0.2) is 4.39 Å². The summed E-state index contributed by atoms with van der Waals surface area (Å²) in [7, 11) is 0. The van der Waals surface area contributed by atoms with Crippen molar-refractivity contribution in [1.29, 1.82) is 0 Å². The van der Waals surface area contributed by atoms with E-state index in [1.165, 1.54) is 23.5 Å². The van der Waals surface area contributed by atoms with Crippen molar-refractivity contribution in [2.24, 2.45) is 0 Å². The number of hydrogen-bond acceptors (Lipinski definition) is 3. The Kier molecular flexibility index (Phi) is 6.33. The van der Waals surface area contributed by atoms with Gasteiger partial charge in [0.2, 0.25) is 0 Å². The van der Waals surface area contributed by atoms with Crippen molar-refractivity contribution in [3.63, 3.8) is 0 Å². The maximum Gasteiger partial charge on any atom is 0.261 e. The third kappa shape index (κ3) is 5.49. The lowest BCUT2D eigenvalue weighted by Gasteiger charge is -2.07. The molecule has 0 unspecified atom stereocenters. The number of nitrogens with one attached hydrogen (secondary N) is 2. The summed E-state index contributed by atoms with van der Waals surface area (Å²) in [4.78, 5) is 24.8. The molecule has 0 aliphatic rings. The highest BCUT2D eigenvalue weighted by molar-refractivity contribution is 7.12. The maximum absolute atomic E-state index is 12.9. The predicted octanol–water partition coefficient (Wildman–Crippen LogP) is 3.79. The first-order chi connectivity index (χ1) is 13.1. The lowest BCUT2D eigenvalue weighted by molar-refractivity contribution is 0.0945. The van der Waals surface area contributed by atoms with E-state index in [0.29, 0.717) is 30.0 Å². The largest absolute Gasteiger partial charge is 0.352 e. The molecule has 0 fully saturated rings. The van der Waals surface area contributed by atoms with Crippen LogP contribution in [0.15, 0.2) is 66.0 Å². The molecule has 0 aliphatic carbocycles. The van der Waals surface area contributed by atoms with Gasteiger partial charge in [-0.15, -0.1) is 11.3 Å². The number of carbonyl (C=O) groups excluding carboxylic acids is 2. The van der Waals surface area contributed by atoms with Gasteiger partial charge in [0.25, 0.3) is 11.8 Å². The molecular formula is C21H19FN2O2S. The molecule has 4 nitrogen and oxygen atoms in total. The van der Waals surface area contributed by atoms with Gasteiger partial charge in [-0.3, -0.25) is 9.59 Å². The van der Waals surface area contributed by atoms with Crippen LogP contribution in [0.2, 0.25) is 0 Å². The normalized spacial score (nSPS) is 10.4. The lowest BCUT2D eigenvalue weighted by Crippen LogP contribution is -2.26. The second kappa shape index (κ2) is 9.09. The minimum Gasteiger partial charge on any atom is -0.352 e. The fraction of sp³-hybridized carbons (Fsp3) is 0.143. The summed E-state index contributed by atoms with van der Waals surface area (Å²) in [6.07, 6.45) is 0.638. The van der Waals surface area contributed by atoms with Crippen LogP contribution in [0.3, 0.4) is 0 Å². The van der Waals surface area contributed by atoms with Gasteiger partial charge in [-0.05, 0) is 53.3 Å². The lowest BCUT2D eigenvalue weighted by atomic mass is 10.1. The summed E-state index contributed by atoms with van der Waals surface area (Å²) in [6, 6.07) is 17.0. The van der Waals surface area contributed by atoms with Gasteiger partial charge in [0.05, 0.1) is 4.88 Å². The SMILES string of the molecule is O=C(NCCc1ccc(F)cc1)c1ccc(CNC(=O)c2cccs2)cc1. The number of benzene rings is 2. The van der Waals surface area contributed by atoms with Crippen molar-refractivity contribution < 1.29 is 14.0 Å². The molecule has 3 rings (SSSR count). The van der Waals surface area contributed by atoms with Crippen LogP contribution in [0.5, 0.6) is 0 Å². The van der Waals surface area contributed by atoms with Crippen molar-refractivity contribution in [2.75, 3.05) is 6.54 Å². The number of rotatable bonds is 7. The van der Waals surface area contributed by atoms with Crippen LogP contribution in [-0.2, 0) is 13.0 Å². The summed E-state index contributed by atoms with van der Waals surface area (Å²) in [6.45, 7) is 0.881. The molecule has 2 amide bonds. The monoisotopic (exact) mass is 382 g/mol. The average Bonchev–Trinajstić information content (AvgIpc) is 3.23. The van der Waals surface area contributed by atoms with Gasteiger partial charge in [0.1, 0.15) is 5.82 Å². The molecule has 0 bridgehead atoms. The molecule has 0 aliphatic heterocycles. The van der Waals surface area contributed by atoms with E-state index in [9.17, 15) is 14.0 Å². The second-order valence-corrected chi connectivity index (χ2v) is 6.94. The standard InChI is InChI=1S/C21H19FN2O2S/c22-18-9-5-15(6-10-18)11-12-23-20(25)17-7-3-16(4-8-17)14-24-21(26)19-2-1-13-27-19/h1-10,13H,11-12,14H2,(H,23,25)(H,24,26). The quantitative estimate of drug-likeness (QED) is 0.653. The Morgan fingerprint density at radius 3 is 2.22 bits per heavy atom. The topological polar surface area (TPSA) is 58.2 Å². The zero-order valence-corrected chi connectivity index (χ0v) is 15.4. The molecule has 138 valence electrons. The highest BCUT2D eigenvalue weighted by Gasteiger charge is 2.07. The minimum absolute atomic E-state index is 0.104. The summed E-state index contributed by atoms with van der Waals surface area (Å²) in [5.41, 5.74) is 2.44. The fourth-order valence-electron chi connectivity index (χ4n) is 2.52. The summed E-state index contributed by atoms with van der Waals surface area (Å²) in [5.74, 6) is -0.534. The molecule has 2 N–H and O–H groups in total. The number of amides is 2. The Bertz CT molecular complexity index is 891. The van der Waals surface area contributed by atoms with Gasteiger partial charge >= 0.3 is 0 Å². The van der Waals surface area contributed by atoms with Crippen LogP contribution in [0, 0.1) is 5.82 Å². The van der Waals surface area contributed by atoms with Crippen LogP contribution >= 0.6 is 11.3 Å². The first kappa shape index (κ1) is 18.8. The molecule has 27 heavy (non-hydrogen) atoms. The third-order valence-corrected chi connectivity index (χ3v) is 4.90. The highest BCUT2D eigenvalue weighted by Crippen LogP contribution is 2.09. The van der Waals surface area contributed by atoms with E-state index in [0.717, 1.165) is 11.1 Å². The molecule has 0 radical (unpaired) electrons. The van der Waals surface area contributed by atoms with E-state index < -0.39 is 0 Å². The minimum atomic E-state index is -0.269. The summed E-state index contributed by atoms with van der Waals surface area (Å²) < 4.78 is 12.9. The Balaban J connectivity index is 1.45. The zero-order chi connectivity index (χ0) is 19.1. The van der Waals surface area contributed by atoms with Crippen LogP contribution in [0.25, 0.3) is 0 Å². The maximum atomic E-state index is 12.9. The first-order valence-corrected chi connectivity index (χ1v) is 9.43. The number of thiophene rings is 1. The van der Waals surface area contributed by atoms with Crippen molar-refractivity contribution >= 4 is 23.2 Å². The Morgan fingerprint density at radius 1 is 0.852 bits per heavy atom. The molecule has 0 spiro atoms. The molecule has 3 aromatic rings. The highest BCUT2D eigenvalue weighted by atomic mass is 32.1. The zero-order valence-electron chi connectivity index (χ0n) is 14.6. The van der Waals surface area contributed by atoms with E-state index in [4.69, 9.17) is 0 Å². The van der Waals surface area contributed by atoms with Crippen molar-refractivity contribution in [1.82, 2.24) is 10.6 Å². The molecule has 0 saturated carbocycles. The van der Waals surface area contributed by atoms with Crippen LogP contribution in [-0.4, -0.2) is 18.4 Å². The van der Waals surface area contributed by atoms with Gasteiger partial charge in [0, 0.05) is 18.7 Å². The first-order valence-electron chi connectivity index (χ1n) is 8.55. The molecule has 0 saturated heterocycles. The number of carbonyl (C=O) groups is 2. The third-order valence-electron chi connectivity index (χ3n) is 4.03. The van der Waals surface area contributed by atoms with E-state index in [-0.39, 0.29) is 17.6 Å². The van der Waals surface area contributed by atoms with Crippen molar-refractivity contribution in [3.05, 3.63) is 93.4 Å². The molecule has 2 aromatic carbocycles. The smallest absolute Gasteiger partial charge is 0.261 e. The van der Waals surface area contributed by atoms with Crippen LogP contribution in [0.1, 0.15) is 31.2 Å². The number of hydrogen-bond donors (Lipinski definition) is 2. The Morgan fingerprint density at radius 2 is 1.56 bits per heavy atom. The average molecular weight is 382 g/mol. The van der Waals surface area contributed by atoms with E-state index in [1.54, 1.807) is 30.3 Å². The van der Waals surface area contributed by atoms with Gasteiger partial charge in [0.15, 0.2) is 0 Å². The molecule has 6 heteroatoms. The summed E-state index contributed by atoms with van der Waals surface area (Å²) in [5, 5.41) is 7.56. The molecular weight excluding hydrogens is 363 g/mol. The van der Waals surface area contributed by atoms with E-state index >= 15 is 0 Å². The van der Waals surface area contributed by atoms with Crippen LogP contribution in [0.4, 0.5) is 4.39 Å². The van der Waals surface area contributed by atoms with E-state index in [2.05, 4.69) is 10.6 Å². The predicted molar refractivity (Wildman–Crippen MR) is 104 cm³/mol. The summed E-state index contributed by atoms with van der Waals surface area (Å²) >= 11 is 1.40. The molecule has 1 aromatic heterocycles. The number of halogens is 1.